The predicted octanol–water partition coefficient (Wildman–Crippen LogP) is 4.30. The molecule has 186 valence electrons. The molecule has 0 radical (unpaired) electrons. The number of carbonyl (C=O) groups excluding carboxylic acids is 2. The van der Waals surface area contributed by atoms with E-state index in [0.717, 1.165) is 23.2 Å². The van der Waals surface area contributed by atoms with Crippen molar-refractivity contribution in [1.29, 1.82) is 0 Å². The first-order valence-corrected chi connectivity index (χ1v) is 11.7. The van der Waals surface area contributed by atoms with E-state index in [-0.39, 0.29) is 18.4 Å². The Morgan fingerprint density at radius 2 is 1.71 bits per heavy atom. The number of esters is 1. The maximum atomic E-state index is 13.1. The van der Waals surface area contributed by atoms with E-state index in [0.29, 0.717) is 18.0 Å². The van der Waals surface area contributed by atoms with Gasteiger partial charge in [0.1, 0.15) is 0 Å². The Morgan fingerprint density at radius 3 is 2.26 bits per heavy atom. The predicted molar refractivity (Wildman–Crippen MR) is 133 cm³/mol. The van der Waals surface area contributed by atoms with E-state index in [9.17, 15) is 15.1 Å². The van der Waals surface area contributed by atoms with Gasteiger partial charge in [0.15, 0.2) is 11.5 Å². The van der Waals surface area contributed by atoms with Crippen LogP contribution in [0.1, 0.15) is 56.8 Å². The van der Waals surface area contributed by atoms with Gasteiger partial charge in [-0.25, -0.2) is 4.79 Å². The highest BCUT2D eigenvalue weighted by Gasteiger charge is 2.37. The quantitative estimate of drug-likeness (QED) is 0.184. The van der Waals surface area contributed by atoms with Gasteiger partial charge in [-0.05, 0) is 59.7 Å². The average molecular weight is 480 g/mol. The van der Waals surface area contributed by atoms with Crippen molar-refractivity contribution in [2.75, 3.05) is 32.3 Å². The van der Waals surface area contributed by atoms with E-state index < -0.39 is 23.5 Å². The van der Waals surface area contributed by atoms with Gasteiger partial charge in [0.2, 0.25) is 0 Å². The zero-order valence-electron chi connectivity index (χ0n) is 21.3. The largest absolute Gasteiger partial charge is 0.493 e. The zero-order valence-corrected chi connectivity index (χ0v) is 21.3. The van der Waals surface area contributed by atoms with Gasteiger partial charge in [-0.2, -0.15) is 4.79 Å². The fraction of sp³-hybridized carbons (Fsp3) is 0.444. The highest BCUT2D eigenvalue weighted by molar-refractivity contribution is 6.62. The van der Waals surface area contributed by atoms with Crippen molar-refractivity contribution in [2.45, 2.75) is 52.0 Å². The third kappa shape index (κ3) is 5.54. The van der Waals surface area contributed by atoms with Gasteiger partial charge < -0.3 is 24.6 Å². The molecule has 3 rings (SSSR count). The highest BCUT2D eigenvalue weighted by Crippen LogP contribution is 2.41. The van der Waals surface area contributed by atoms with Gasteiger partial charge in [-0.15, -0.1) is 0 Å². The number of carbonyl (C=O) groups is 2. The molecule has 1 aliphatic heterocycles. The molecule has 8 nitrogen and oxygen atoms in total. The Bertz CT molecular complexity index is 1140. The molecule has 0 aliphatic carbocycles. The number of hydrogen-bond acceptors (Lipinski definition) is 6. The van der Waals surface area contributed by atoms with Crippen LogP contribution in [0.25, 0.3) is 5.53 Å². The van der Waals surface area contributed by atoms with Crippen LogP contribution in [0.4, 0.5) is 5.69 Å². The van der Waals surface area contributed by atoms with Crippen molar-refractivity contribution in [3.8, 4) is 11.5 Å². The number of nitrogens with zero attached hydrogens (tertiary/aromatic N) is 3. The number of ether oxygens (including phenoxy) is 3. The molecule has 0 aromatic heterocycles. The van der Waals surface area contributed by atoms with Crippen LogP contribution in [0.2, 0.25) is 0 Å². The van der Waals surface area contributed by atoms with Gasteiger partial charge >= 0.3 is 11.7 Å². The lowest BCUT2D eigenvalue weighted by Gasteiger charge is -2.39. The number of anilines is 1. The van der Waals surface area contributed by atoms with E-state index in [2.05, 4.69) is 54.7 Å². The molecule has 8 heteroatoms. The number of ketones is 1. The molecule has 0 spiro atoms. The summed E-state index contributed by atoms with van der Waals surface area (Å²) in [6.45, 7) is 8.82. The van der Waals surface area contributed by atoms with Crippen LogP contribution in [0, 0.1) is 0 Å². The van der Waals surface area contributed by atoms with Crippen LogP contribution >= 0.6 is 0 Å². The number of fused-ring (bicyclic) bond motifs is 1. The van der Waals surface area contributed by atoms with Gasteiger partial charge in [0.25, 0.3) is 5.78 Å². The molecular weight excluding hydrogens is 446 g/mol. The summed E-state index contributed by atoms with van der Waals surface area (Å²) in [5.41, 5.74) is 12.9. The molecular formula is C27H33N3O5. The zero-order chi connectivity index (χ0) is 25.8. The maximum absolute atomic E-state index is 13.1. The van der Waals surface area contributed by atoms with Crippen LogP contribution in [-0.2, 0) is 26.2 Å². The fourth-order valence-electron chi connectivity index (χ4n) is 4.39. The minimum Gasteiger partial charge on any atom is -0.493 e. The lowest BCUT2D eigenvalue weighted by Crippen LogP contribution is -2.39. The summed E-state index contributed by atoms with van der Waals surface area (Å²) in [6.07, 6.45) is 0.655. The Balaban J connectivity index is 2.06. The minimum atomic E-state index is -0.940. The molecule has 2 aromatic carbocycles. The van der Waals surface area contributed by atoms with Gasteiger partial charge in [0, 0.05) is 18.7 Å². The standard InChI is InChI=1S/C27H33N3O5/c1-7-35-26(32)25(29-28)22(31)16-21-20-15-24(34-6)23(33-5)14-17(20)12-13-30(21)19-10-8-18(9-11-19)27(2,3)4/h8-11,14-15,21H,7,12-13,16H2,1-6H3. The van der Waals surface area contributed by atoms with Gasteiger partial charge in [0.05, 0.1) is 26.9 Å². The minimum absolute atomic E-state index is 0.0123. The summed E-state index contributed by atoms with van der Waals surface area (Å²) in [7, 11) is 3.15. The van der Waals surface area contributed by atoms with Crippen LogP contribution in [-0.4, -0.2) is 49.6 Å². The van der Waals surface area contributed by atoms with Crippen molar-refractivity contribution in [2.24, 2.45) is 0 Å². The third-order valence-corrected chi connectivity index (χ3v) is 6.28. The SMILES string of the molecule is CCOC(=O)C(=[N+]=[N-])C(=O)CC1c2cc(OC)c(OC)cc2CCN1c1ccc(C(C)(C)C)cc1. The summed E-state index contributed by atoms with van der Waals surface area (Å²) >= 11 is 0. The molecule has 1 heterocycles. The topological polar surface area (TPSA) is 101 Å². The number of hydrogen-bond donors (Lipinski definition) is 0. The molecule has 1 unspecified atom stereocenters. The lowest BCUT2D eigenvalue weighted by atomic mass is 9.86. The number of Topliss-reactive ketones (excluding diaryl/α,β-unsaturated/α-hetero) is 1. The number of benzene rings is 2. The summed E-state index contributed by atoms with van der Waals surface area (Å²) in [6, 6.07) is 11.7. The Labute approximate surface area is 206 Å². The molecule has 0 bridgehead atoms. The first-order valence-electron chi connectivity index (χ1n) is 11.7. The maximum Gasteiger partial charge on any atom is 0.441 e. The molecule has 1 aliphatic rings. The van der Waals surface area contributed by atoms with E-state index in [4.69, 9.17) is 14.2 Å². The molecule has 2 aromatic rings. The van der Waals surface area contributed by atoms with E-state index in [1.807, 2.05) is 12.1 Å². The van der Waals surface area contributed by atoms with Gasteiger partial charge in [-0.1, -0.05) is 32.9 Å². The Hall–Kier alpha value is -3.64. The summed E-state index contributed by atoms with van der Waals surface area (Å²) in [4.78, 5) is 30.4. The van der Waals surface area contributed by atoms with E-state index in [1.165, 1.54) is 5.56 Å². The molecule has 0 amide bonds. The first-order chi connectivity index (χ1) is 16.6. The number of methoxy groups -OCH3 is 2. The molecule has 35 heavy (non-hydrogen) atoms. The molecule has 0 saturated carbocycles. The molecule has 0 fully saturated rings. The second-order valence-corrected chi connectivity index (χ2v) is 9.46. The van der Waals surface area contributed by atoms with Gasteiger partial charge in [-0.3, -0.25) is 4.79 Å². The monoisotopic (exact) mass is 479 g/mol. The Morgan fingerprint density at radius 1 is 1.09 bits per heavy atom. The van der Waals surface area contributed by atoms with E-state index >= 15 is 0 Å². The van der Waals surface area contributed by atoms with Crippen molar-refractivity contribution >= 4 is 23.2 Å². The smallest absolute Gasteiger partial charge is 0.441 e. The molecule has 0 saturated heterocycles. The highest BCUT2D eigenvalue weighted by atomic mass is 16.5. The first kappa shape index (κ1) is 26.0. The van der Waals surface area contributed by atoms with Crippen LogP contribution in [0.5, 0.6) is 11.5 Å². The van der Waals surface area contributed by atoms with Crippen LogP contribution < -0.4 is 14.4 Å². The van der Waals surface area contributed by atoms with Crippen molar-refractivity contribution in [3.05, 3.63) is 58.6 Å². The van der Waals surface area contributed by atoms with Crippen LogP contribution in [0.3, 0.4) is 0 Å². The van der Waals surface area contributed by atoms with E-state index in [1.54, 1.807) is 21.1 Å². The van der Waals surface area contributed by atoms with Crippen molar-refractivity contribution < 1.29 is 28.6 Å². The summed E-state index contributed by atoms with van der Waals surface area (Å²) in [5, 5.41) is 0. The fourth-order valence-corrected chi connectivity index (χ4v) is 4.39. The molecule has 0 N–H and O–H groups in total. The summed E-state index contributed by atoms with van der Waals surface area (Å²) in [5.74, 6) is -0.377. The average Bonchev–Trinajstić information content (AvgIpc) is 2.83. The number of rotatable bonds is 8. The Kier molecular flexibility index (Phi) is 7.97. The molecule has 1 atom stereocenters. The van der Waals surface area contributed by atoms with Crippen molar-refractivity contribution in [3.63, 3.8) is 0 Å². The van der Waals surface area contributed by atoms with Crippen molar-refractivity contribution in [1.82, 2.24) is 0 Å². The summed E-state index contributed by atoms with van der Waals surface area (Å²) < 4.78 is 15.9. The lowest BCUT2D eigenvalue weighted by molar-refractivity contribution is -0.141. The third-order valence-electron chi connectivity index (χ3n) is 6.28. The van der Waals surface area contributed by atoms with Crippen LogP contribution in [0.15, 0.2) is 36.4 Å². The second-order valence-electron chi connectivity index (χ2n) is 9.46. The second kappa shape index (κ2) is 10.7. The normalized spacial score (nSPS) is 15.0.